The van der Waals surface area contributed by atoms with Crippen LogP contribution in [0, 0.1) is 0 Å². The van der Waals surface area contributed by atoms with Gasteiger partial charge < -0.3 is 19.7 Å². The molecule has 0 spiro atoms. The maximum absolute atomic E-state index is 6.18. The van der Waals surface area contributed by atoms with Crippen molar-refractivity contribution in [3.63, 3.8) is 0 Å². The second-order valence-corrected chi connectivity index (χ2v) is 4.90. The van der Waals surface area contributed by atoms with Crippen molar-refractivity contribution in [2.45, 2.75) is 19.3 Å². The number of halogens is 1. The third kappa shape index (κ3) is 3.11. The fourth-order valence-electron chi connectivity index (χ4n) is 2.01. The van der Waals surface area contributed by atoms with Gasteiger partial charge in [0.25, 0.3) is 0 Å². The highest BCUT2D eigenvalue weighted by atomic mass is 35.5. The van der Waals surface area contributed by atoms with Crippen LogP contribution in [0.3, 0.4) is 0 Å². The Morgan fingerprint density at radius 1 is 1.33 bits per heavy atom. The molecule has 7 heteroatoms. The van der Waals surface area contributed by atoms with E-state index < -0.39 is 0 Å². The van der Waals surface area contributed by atoms with Crippen molar-refractivity contribution in [3.8, 4) is 22.9 Å². The van der Waals surface area contributed by atoms with E-state index in [2.05, 4.69) is 10.1 Å². The molecule has 114 valence electrons. The zero-order chi connectivity index (χ0) is 15.4. The number of hydrogen-bond donors (Lipinski definition) is 1. The van der Waals surface area contributed by atoms with Crippen molar-refractivity contribution < 1.29 is 14.0 Å². The average molecular weight is 312 g/mol. The predicted molar refractivity (Wildman–Crippen MR) is 79.9 cm³/mol. The maximum Gasteiger partial charge on any atom is 0.231 e. The van der Waals surface area contributed by atoms with Gasteiger partial charge in [-0.15, -0.1) is 0 Å². The Kier molecular flexibility index (Phi) is 5.03. The number of nitrogens with two attached hydrogens (primary N) is 1. The number of aromatic nitrogens is 2. The first-order valence-corrected chi connectivity index (χ1v) is 6.97. The van der Waals surface area contributed by atoms with Crippen LogP contribution in [0.15, 0.2) is 16.7 Å². The largest absolute Gasteiger partial charge is 0.493 e. The molecule has 21 heavy (non-hydrogen) atoms. The van der Waals surface area contributed by atoms with Gasteiger partial charge in [0.15, 0.2) is 11.5 Å². The normalized spacial score (nSPS) is 12.2. The third-order valence-corrected chi connectivity index (χ3v) is 3.54. The molecular weight excluding hydrogens is 294 g/mol. The summed E-state index contributed by atoms with van der Waals surface area (Å²) < 4.78 is 15.7. The Balaban J connectivity index is 2.41. The van der Waals surface area contributed by atoms with Crippen LogP contribution in [-0.2, 0) is 0 Å². The second-order valence-electron chi connectivity index (χ2n) is 4.49. The number of hydrogen-bond acceptors (Lipinski definition) is 6. The minimum Gasteiger partial charge on any atom is -0.493 e. The van der Waals surface area contributed by atoms with Crippen LogP contribution < -0.4 is 15.2 Å². The van der Waals surface area contributed by atoms with Gasteiger partial charge in [-0.05, 0) is 18.6 Å². The summed E-state index contributed by atoms with van der Waals surface area (Å²) in [6.07, 6.45) is 0.838. The zero-order valence-corrected chi connectivity index (χ0v) is 13.0. The van der Waals surface area contributed by atoms with E-state index in [1.807, 2.05) is 6.92 Å². The van der Waals surface area contributed by atoms with Gasteiger partial charge in [-0.3, -0.25) is 0 Å². The molecule has 2 rings (SSSR count). The molecule has 0 amide bonds. The fraction of sp³-hybridized carbons (Fsp3) is 0.429. The molecule has 1 heterocycles. The van der Waals surface area contributed by atoms with E-state index in [0.29, 0.717) is 40.3 Å². The van der Waals surface area contributed by atoms with E-state index in [1.54, 1.807) is 19.2 Å². The SMILES string of the molecule is CCC(CN)c1nc(-c2cc(Cl)c(OC)c(OC)c2)no1. The summed E-state index contributed by atoms with van der Waals surface area (Å²) in [6, 6.07) is 3.46. The molecule has 2 aromatic rings. The number of nitrogens with zero attached hydrogens (tertiary/aromatic N) is 2. The van der Waals surface area contributed by atoms with E-state index in [9.17, 15) is 0 Å². The van der Waals surface area contributed by atoms with Gasteiger partial charge >= 0.3 is 0 Å². The van der Waals surface area contributed by atoms with Crippen LogP contribution in [0.5, 0.6) is 11.5 Å². The van der Waals surface area contributed by atoms with Crippen LogP contribution in [-0.4, -0.2) is 30.9 Å². The van der Waals surface area contributed by atoms with Crippen LogP contribution in [0.4, 0.5) is 0 Å². The molecule has 6 nitrogen and oxygen atoms in total. The summed E-state index contributed by atoms with van der Waals surface area (Å²) in [6.45, 7) is 2.49. The molecule has 0 saturated carbocycles. The fourth-order valence-corrected chi connectivity index (χ4v) is 2.30. The second kappa shape index (κ2) is 6.78. The summed E-state index contributed by atoms with van der Waals surface area (Å²) in [5.74, 6) is 2.01. The Hall–Kier alpha value is -1.79. The topological polar surface area (TPSA) is 83.4 Å². The van der Waals surface area contributed by atoms with Crippen molar-refractivity contribution in [3.05, 3.63) is 23.0 Å². The molecule has 1 aromatic heterocycles. The van der Waals surface area contributed by atoms with Gasteiger partial charge in [-0.1, -0.05) is 23.7 Å². The van der Waals surface area contributed by atoms with Gasteiger partial charge in [-0.2, -0.15) is 4.98 Å². The average Bonchev–Trinajstić information content (AvgIpc) is 2.97. The van der Waals surface area contributed by atoms with Crippen molar-refractivity contribution in [2.75, 3.05) is 20.8 Å². The lowest BCUT2D eigenvalue weighted by Crippen LogP contribution is -2.11. The smallest absolute Gasteiger partial charge is 0.231 e. The summed E-state index contributed by atoms with van der Waals surface area (Å²) in [5.41, 5.74) is 6.38. The van der Waals surface area contributed by atoms with E-state index in [1.165, 1.54) is 7.11 Å². The van der Waals surface area contributed by atoms with E-state index in [0.717, 1.165) is 6.42 Å². The molecule has 1 aromatic carbocycles. The molecule has 2 N–H and O–H groups in total. The molecule has 1 atom stereocenters. The lowest BCUT2D eigenvalue weighted by Gasteiger charge is -2.10. The summed E-state index contributed by atoms with van der Waals surface area (Å²) in [4.78, 5) is 4.38. The van der Waals surface area contributed by atoms with Crippen LogP contribution >= 0.6 is 11.6 Å². The maximum atomic E-state index is 6.18. The first-order valence-electron chi connectivity index (χ1n) is 6.60. The standard InChI is InChI=1S/C14H18ClN3O3/c1-4-8(7-16)14-17-13(18-21-14)9-5-10(15)12(20-3)11(6-9)19-2/h5-6,8H,4,7,16H2,1-3H3. The zero-order valence-electron chi connectivity index (χ0n) is 12.2. The quantitative estimate of drug-likeness (QED) is 0.883. The number of rotatable bonds is 6. The summed E-state index contributed by atoms with van der Waals surface area (Å²) >= 11 is 6.18. The monoisotopic (exact) mass is 311 g/mol. The van der Waals surface area contributed by atoms with Gasteiger partial charge in [0.05, 0.1) is 25.2 Å². The van der Waals surface area contributed by atoms with E-state index in [4.69, 9.17) is 31.3 Å². The van der Waals surface area contributed by atoms with E-state index in [-0.39, 0.29) is 5.92 Å². The van der Waals surface area contributed by atoms with Gasteiger partial charge in [0, 0.05) is 12.1 Å². The molecular formula is C14H18ClN3O3. The first-order chi connectivity index (χ1) is 10.1. The molecule has 0 aliphatic carbocycles. The molecule has 0 saturated heterocycles. The van der Waals surface area contributed by atoms with Crippen molar-refractivity contribution in [1.29, 1.82) is 0 Å². The highest BCUT2D eigenvalue weighted by Gasteiger charge is 2.19. The minimum absolute atomic E-state index is 0.0573. The van der Waals surface area contributed by atoms with Crippen LogP contribution in [0.25, 0.3) is 11.4 Å². The molecule has 0 radical (unpaired) electrons. The van der Waals surface area contributed by atoms with Crippen LogP contribution in [0.1, 0.15) is 25.2 Å². The van der Waals surface area contributed by atoms with Gasteiger partial charge in [-0.25, -0.2) is 0 Å². The Labute approximate surface area is 128 Å². The van der Waals surface area contributed by atoms with Gasteiger partial charge in [0.2, 0.25) is 11.7 Å². The van der Waals surface area contributed by atoms with Gasteiger partial charge in [0.1, 0.15) is 0 Å². The van der Waals surface area contributed by atoms with Crippen molar-refractivity contribution in [2.24, 2.45) is 5.73 Å². The Bertz CT molecular complexity index is 612. The molecule has 0 bridgehead atoms. The Morgan fingerprint density at radius 3 is 2.67 bits per heavy atom. The Morgan fingerprint density at radius 2 is 2.10 bits per heavy atom. The first kappa shape index (κ1) is 15.6. The molecule has 1 unspecified atom stereocenters. The van der Waals surface area contributed by atoms with E-state index >= 15 is 0 Å². The van der Waals surface area contributed by atoms with Crippen molar-refractivity contribution >= 4 is 11.6 Å². The lowest BCUT2D eigenvalue weighted by molar-refractivity contribution is 0.351. The number of methoxy groups -OCH3 is 2. The minimum atomic E-state index is 0.0573. The summed E-state index contributed by atoms with van der Waals surface area (Å²) in [5, 5.41) is 4.40. The predicted octanol–water partition coefficient (Wildman–Crippen LogP) is 2.86. The summed E-state index contributed by atoms with van der Waals surface area (Å²) in [7, 11) is 3.07. The number of ether oxygens (including phenoxy) is 2. The lowest BCUT2D eigenvalue weighted by atomic mass is 10.1. The highest BCUT2D eigenvalue weighted by Crippen LogP contribution is 2.38. The molecule has 0 fully saturated rings. The number of benzene rings is 1. The van der Waals surface area contributed by atoms with Crippen LogP contribution in [0.2, 0.25) is 5.02 Å². The van der Waals surface area contributed by atoms with Crippen molar-refractivity contribution in [1.82, 2.24) is 10.1 Å². The molecule has 0 aliphatic rings. The third-order valence-electron chi connectivity index (χ3n) is 3.26. The molecule has 0 aliphatic heterocycles. The highest BCUT2D eigenvalue weighted by molar-refractivity contribution is 6.32.